The number of hydrogen-bond acceptors (Lipinski definition) is 4. The van der Waals surface area contributed by atoms with Crippen molar-refractivity contribution in [1.29, 1.82) is 0 Å². The molecule has 2 aromatic carbocycles. The van der Waals surface area contributed by atoms with Crippen molar-refractivity contribution in [3.05, 3.63) is 66.1 Å². The summed E-state index contributed by atoms with van der Waals surface area (Å²) >= 11 is 0. The van der Waals surface area contributed by atoms with Crippen molar-refractivity contribution >= 4 is 0 Å². The molecule has 0 unspecified atom stereocenters. The maximum Gasteiger partial charge on any atom is 0.229 e. The first-order valence-electron chi connectivity index (χ1n) is 7.33. The molecule has 22 heavy (non-hydrogen) atoms. The van der Waals surface area contributed by atoms with E-state index in [0.717, 1.165) is 16.9 Å². The van der Waals surface area contributed by atoms with Crippen molar-refractivity contribution in [1.82, 2.24) is 10.1 Å². The lowest BCUT2D eigenvalue weighted by Crippen LogP contribution is -1.94. The van der Waals surface area contributed by atoms with E-state index in [1.807, 2.05) is 68.4 Å². The number of rotatable bonds is 5. The zero-order valence-electron chi connectivity index (χ0n) is 12.7. The van der Waals surface area contributed by atoms with Crippen LogP contribution in [0.5, 0.6) is 5.75 Å². The Morgan fingerprint density at radius 1 is 1.00 bits per heavy atom. The lowest BCUT2D eigenvalue weighted by atomic mass is 10.2. The van der Waals surface area contributed by atoms with Crippen molar-refractivity contribution in [3.8, 4) is 17.1 Å². The summed E-state index contributed by atoms with van der Waals surface area (Å²) in [5, 5.41) is 4.00. The second-order valence-corrected chi connectivity index (χ2v) is 5.41. The van der Waals surface area contributed by atoms with Crippen LogP contribution < -0.4 is 4.74 Å². The van der Waals surface area contributed by atoms with Crippen LogP contribution in [0.3, 0.4) is 0 Å². The van der Waals surface area contributed by atoms with Gasteiger partial charge in [0.1, 0.15) is 12.4 Å². The predicted molar refractivity (Wildman–Crippen MR) is 84.6 cm³/mol. The normalized spacial score (nSPS) is 10.9. The molecule has 4 nitrogen and oxygen atoms in total. The molecule has 112 valence electrons. The van der Waals surface area contributed by atoms with Crippen LogP contribution in [0.4, 0.5) is 0 Å². The molecule has 0 amide bonds. The molecule has 0 N–H and O–H groups in total. The van der Waals surface area contributed by atoms with Crippen molar-refractivity contribution in [3.63, 3.8) is 0 Å². The molecule has 0 saturated heterocycles. The standard InChI is InChI=1S/C18H18N2O2/c1-13(2)18-19-17(20-22-18)15-8-10-16(11-9-15)21-12-14-6-4-3-5-7-14/h3-11,13H,12H2,1-2H3. The molecule has 4 heteroatoms. The van der Waals surface area contributed by atoms with Crippen LogP contribution in [0, 0.1) is 0 Å². The van der Waals surface area contributed by atoms with E-state index in [1.165, 1.54) is 0 Å². The van der Waals surface area contributed by atoms with E-state index in [-0.39, 0.29) is 5.92 Å². The van der Waals surface area contributed by atoms with Gasteiger partial charge in [-0.3, -0.25) is 0 Å². The van der Waals surface area contributed by atoms with E-state index >= 15 is 0 Å². The molecule has 0 atom stereocenters. The molecule has 1 heterocycles. The Morgan fingerprint density at radius 2 is 1.73 bits per heavy atom. The average molecular weight is 294 g/mol. The lowest BCUT2D eigenvalue weighted by Gasteiger charge is -2.06. The van der Waals surface area contributed by atoms with E-state index in [1.54, 1.807) is 0 Å². The van der Waals surface area contributed by atoms with Crippen LogP contribution in [0.1, 0.15) is 31.2 Å². The average Bonchev–Trinajstić information content (AvgIpc) is 3.05. The zero-order valence-corrected chi connectivity index (χ0v) is 12.7. The molecule has 1 aromatic heterocycles. The number of hydrogen-bond donors (Lipinski definition) is 0. The SMILES string of the molecule is CC(C)c1nc(-c2ccc(OCc3ccccc3)cc2)no1. The largest absolute Gasteiger partial charge is 0.489 e. The molecule has 0 fully saturated rings. The van der Waals surface area contributed by atoms with Crippen LogP contribution in [0.15, 0.2) is 59.1 Å². The molecule has 0 aliphatic carbocycles. The Kier molecular flexibility index (Phi) is 4.19. The molecule has 0 aliphatic rings. The van der Waals surface area contributed by atoms with Crippen molar-refractivity contribution in [2.24, 2.45) is 0 Å². The summed E-state index contributed by atoms with van der Waals surface area (Å²) in [4.78, 5) is 4.38. The zero-order chi connectivity index (χ0) is 15.4. The molecular formula is C18H18N2O2. The molecule has 3 rings (SSSR count). The number of nitrogens with zero attached hydrogens (tertiary/aromatic N) is 2. The van der Waals surface area contributed by atoms with Crippen LogP contribution in [-0.2, 0) is 6.61 Å². The first kappa shape index (κ1) is 14.3. The van der Waals surface area contributed by atoms with E-state index in [4.69, 9.17) is 9.26 Å². The Hall–Kier alpha value is -2.62. The van der Waals surface area contributed by atoms with Gasteiger partial charge in [0.15, 0.2) is 0 Å². The van der Waals surface area contributed by atoms with E-state index in [0.29, 0.717) is 18.3 Å². The van der Waals surface area contributed by atoms with Gasteiger partial charge in [-0.1, -0.05) is 49.3 Å². The summed E-state index contributed by atoms with van der Waals surface area (Å²) in [6.07, 6.45) is 0. The van der Waals surface area contributed by atoms with Gasteiger partial charge in [-0.2, -0.15) is 4.98 Å². The predicted octanol–water partition coefficient (Wildman–Crippen LogP) is 4.44. The third-order valence-corrected chi connectivity index (χ3v) is 3.30. The van der Waals surface area contributed by atoms with Gasteiger partial charge in [-0.15, -0.1) is 0 Å². The van der Waals surface area contributed by atoms with Crippen molar-refractivity contribution in [2.75, 3.05) is 0 Å². The van der Waals surface area contributed by atoms with Crippen LogP contribution in [-0.4, -0.2) is 10.1 Å². The van der Waals surface area contributed by atoms with Gasteiger partial charge in [0.2, 0.25) is 11.7 Å². The summed E-state index contributed by atoms with van der Waals surface area (Å²) in [5.41, 5.74) is 2.06. The van der Waals surface area contributed by atoms with Gasteiger partial charge >= 0.3 is 0 Å². The summed E-state index contributed by atoms with van der Waals surface area (Å²) in [5.74, 6) is 2.31. The maximum atomic E-state index is 5.76. The number of aromatic nitrogens is 2. The van der Waals surface area contributed by atoms with Crippen molar-refractivity contribution < 1.29 is 9.26 Å². The Balaban J connectivity index is 1.67. The molecule has 0 bridgehead atoms. The second-order valence-electron chi connectivity index (χ2n) is 5.41. The second kappa shape index (κ2) is 6.43. The topological polar surface area (TPSA) is 48.2 Å². The first-order valence-corrected chi connectivity index (χ1v) is 7.33. The highest BCUT2D eigenvalue weighted by Crippen LogP contribution is 2.22. The summed E-state index contributed by atoms with van der Waals surface area (Å²) in [6.45, 7) is 4.61. The van der Waals surface area contributed by atoms with Gasteiger partial charge in [0, 0.05) is 11.5 Å². The monoisotopic (exact) mass is 294 g/mol. The smallest absolute Gasteiger partial charge is 0.229 e. The molecule has 0 aliphatic heterocycles. The summed E-state index contributed by atoms with van der Waals surface area (Å²) in [6, 6.07) is 17.8. The van der Waals surface area contributed by atoms with Gasteiger partial charge < -0.3 is 9.26 Å². The Bertz CT molecular complexity index is 718. The van der Waals surface area contributed by atoms with Gasteiger partial charge in [-0.05, 0) is 29.8 Å². The van der Waals surface area contributed by atoms with E-state index < -0.39 is 0 Å². The molecule has 3 aromatic rings. The maximum absolute atomic E-state index is 5.76. The summed E-state index contributed by atoms with van der Waals surface area (Å²) < 4.78 is 11.0. The molecule has 0 saturated carbocycles. The minimum atomic E-state index is 0.231. The highest BCUT2D eigenvalue weighted by atomic mass is 16.5. The van der Waals surface area contributed by atoms with Crippen LogP contribution in [0.25, 0.3) is 11.4 Å². The van der Waals surface area contributed by atoms with Crippen molar-refractivity contribution in [2.45, 2.75) is 26.4 Å². The lowest BCUT2D eigenvalue weighted by molar-refractivity contribution is 0.306. The molecule has 0 spiro atoms. The van der Waals surface area contributed by atoms with E-state index in [2.05, 4.69) is 10.1 Å². The van der Waals surface area contributed by atoms with Gasteiger partial charge in [0.25, 0.3) is 0 Å². The van der Waals surface area contributed by atoms with Crippen LogP contribution >= 0.6 is 0 Å². The quantitative estimate of drug-likeness (QED) is 0.698. The Labute approximate surface area is 129 Å². The fraction of sp³-hybridized carbons (Fsp3) is 0.222. The first-order chi connectivity index (χ1) is 10.7. The Morgan fingerprint density at radius 3 is 2.36 bits per heavy atom. The van der Waals surface area contributed by atoms with Gasteiger partial charge in [-0.25, -0.2) is 0 Å². The fourth-order valence-electron chi connectivity index (χ4n) is 2.03. The molecular weight excluding hydrogens is 276 g/mol. The highest BCUT2D eigenvalue weighted by molar-refractivity contribution is 5.55. The highest BCUT2D eigenvalue weighted by Gasteiger charge is 2.11. The van der Waals surface area contributed by atoms with E-state index in [9.17, 15) is 0 Å². The summed E-state index contributed by atoms with van der Waals surface area (Å²) in [7, 11) is 0. The minimum Gasteiger partial charge on any atom is -0.489 e. The third-order valence-electron chi connectivity index (χ3n) is 3.30. The minimum absolute atomic E-state index is 0.231. The third kappa shape index (κ3) is 3.34. The fourth-order valence-corrected chi connectivity index (χ4v) is 2.03. The molecule has 0 radical (unpaired) electrons. The van der Waals surface area contributed by atoms with Crippen LogP contribution in [0.2, 0.25) is 0 Å². The number of ether oxygens (including phenoxy) is 1. The van der Waals surface area contributed by atoms with Gasteiger partial charge in [0.05, 0.1) is 0 Å². The number of benzene rings is 2.